The largest absolute Gasteiger partial charge is 0.467 e. The van der Waals surface area contributed by atoms with Gasteiger partial charge in [0, 0.05) is 12.6 Å². The van der Waals surface area contributed by atoms with Gasteiger partial charge in [0.1, 0.15) is 11.6 Å². The van der Waals surface area contributed by atoms with Crippen molar-refractivity contribution < 1.29 is 8.81 Å². The van der Waals surface area contributed by atoms with Gasteiger partial charge >= 0.3 is 0 Å². The number of furan rings is 1. The number of benzene rings is 1. The van der Waals surface area contributed by atoms with Crippen LogP contribution in [0.15, 0.2) is 34.9 Å². The highest BCUT2D eigenvalue weighted by atomic mass is 127. The zero-order valence-corrected chi connectivity index (χ0v) is 12.1. The number of nitrogens with zero attached hydrogens (tertiary/aromatic N) is 1. The third-order valence-corrected chi connectivity index (χ3v) is 3.55. The molecule has 0 saturated heterocycles. The number of anilines is 2. The van der Waals surface area contributed by atoms with Crippen LogP contribution >= 0.6 is 22.6 Å². The van der Waals surface area contributed by atoms with Crippen molar-refractivity contribution in [3.63, 3.8) is 0 Å². The molecular weight excluding hydrogens is 346 g/mol. The number of rotatable bonds is 4. The molecule has 96 valence electrons. The minimum absolute atomic E-state index is 0.252. The molecule has 0 unspecified atom stereocenters. The van der Waals surface area contributed by atoms with Crippen molar-refractivity contribution in [2.45, 2.75) is 13.5 Å². The molecule has 2 rings (SSSR count). The summed E-state index contributed by atoms with van der Waals surface area (Å²) in [6, 6.07) is 6.85. The van der Waals surface area contributed by atoms with E-state index in [0.717, 1.165) is 12.3 Å². The molecule has 2 aromatic rings. The summed E-state index contributed by atoms with van der Waals surface area (Å²) in [5.41, 5.74) is 7.23. The van der Waals surface area contributed by atoms with E-state index in [1.807, 2.05) is 46.5 Å². The molecule has 0 amide bonds. The monoisotopic (exact) mass is 360 g/mol. The van der Waals surface area contributed by atoms with Gasteiger partial charge in [-0.05, 0) is 47.7 Å². The van der Waals surface area contributed by atoms with Crippen LogP contribution in [0.4, 0.5) is 15.8 Å². The second-order valence-corrected chi connectivity index (χ2v) is 5.08. The van der Waals surface area contributed by atoms with Crippen LogP contribution in [0.3, 0.4) is 0 Å². The molecular formula is C13H14FIN2O. The van der Waals surface area contributed by atoms with Gasteiger partial charge in [0.05, 0.1) is 27.8 Å². The van der Waals surface area contributed by atoms with Gasteiger partial charge in [-0.15, -0.1) is 0 Å². The van der Waals surface area contributed by atoms with Crippen molar-refractivity contribution in [2.75, 3.05) is 17.2 Å². The van der Waals surface area contributed by atoms with Gasteiger partial charge in [0.15, 0.2) is 0 Å². The number of halogens is 2. The molecule has 0 radical (unpaired) electrons. The van der Waals surface area contributed by atoms with Crippen LogP contribution in [0.1, 0.15) is 12.7 Å². The first-order valence-electron chi connectivity index (χ1n) is 5.63. The highest BCUT2D eigenvalue weighted by molar-refractivity contribution is 14.1. The molecule has 0 spiro atoms. The zero-order valence-electron chi connectivity index (χ0n) is 9.99. The lowest BCUT2D eigenvalue weighted by Gasteiger charge is -2.23. The maximum absolute atomic E-state index is 13.6. The molecule has 0 fully saturated rings. The minimum atomic E-state index is -0.252. The lowest BCUT2D eigenvalue weighted by Crippen LogP contribution is -2.23. The number of hydrogen-bond acceptors (Lipinski definition) is 3. The summed E-state index contributed by atoms with van der Waals surface area (Å²) in [4.78, 5) is 1.98. The molecule has 2 N–H and O–H groups in total. The summed E-state index contributed by atoms with van der Waals surface area (Å²) in [6.45, 7) is 3.30. The summed E-state index contributed by atoms with van der Waals surface area (Å²) in [6.07, 6.45) is 1.63. The smallest absolute Gasteiger partial charge is 0.138 e. The Balaban J connectivity index is 2.30. The molecule has 18 heavy (non-hydrogen) atoms. The van der Waals surface area contributed by atoms with Gasteiger partial charge in [-0.1, -0.05) is 0 Å². The van der Waals surface area contributed by atoms with Crippen LogP contribution in [0, 0.1) is 9.39 Å². The molecule has 0 aliphatic rings. The standard InChI is InChI=1S/C13H14FIN2O/c1-2-17(8-9-4-3-5-18-9)13-6-10(14)11(15)7-12(13)16/h3-7H,2,8,16H2,1H3. The third kappa shape index (κ3) is 2.77. The van der Waals surface area contributed by atoms with Crippen molar-refractivity contribution in [3.8, 4) is 0 Å². The molecule has 0 aliphatic heterocycles. The first kappa shape index (κ1) is 13.2. The van der Waals surface area contributed by atoms with Crippen molar-refractivity contribution in [1.82, 2.24) is 0 Å². The number of nitrogens with two attached hydrogens (primary N) is 1. The Morgan fingerprint density at radius 1 is 1.44 bits per heavy atom. The van der Waals surface area contributed by atoms with Crippen molar-refractivity contribution in [1.29, 1.82) is 0 Å². The maximum Gasteiger partial charge on any atom is 0.138 e. The van der Waals surface area contributed by atoms with Crippen LogP contribution in [0.2, 0.25) is 0 Å². The predicted octanol–water partition coefficient (Wildman–Crippen LogP) is 3.63. The van der Waals surface area contributed by atoms with E-state index >= 15 is 0 Å². The number of nitrogen functional groups attached to an aromatic ring is 1. The Labute approximate surface area is 119 Å². The highest BCUT2D eigenvalue weighted by Crippen LogP contribution is 2.28. The van der Waals surface area contributed by atoms with Crippen LogP contribution in [0.5, 0.6) is 0 Å². The molecule has 0 atom stereocenters. The SMILES string of the molecule is CCN(Cc1ccco1)c1cc(F)c(I)cc1N. The quantitative estimate of drug-likeness (QED) is 0.669. The van der Waals surface area contributed by atoms with Crippen molar-refractivity contribution in [3.05, 3.63) is 45.7 Å². The fourth-order valence-corrected chi connectivity index (χ4v) is 2.27. The predicted molar refractivity (Wildman–Crippen MR) is 79.0 cm³/mol. The third-order valence-electron chi connectivity index (χ3n) is 2.72. The first-order chi connectivity index (χ1) is 8.61. The van der Waals surface area contributed by atoms with Gasteiger partial charge < -0.3 is 15.1 Å². The van der Waals surface area contributed by atoms with Crippen LogP contribution < -0.4 is 10.6 Å². The van der Waals surface area contributed by atoms with E-state index in [4.69, 9.17) is 10.2 Å². The van der Waals surface area contributed by atoms with E-state index < -0.39 is 0 Å². The molecule has 3 nitrogen and oxygen atoms in total. The molecule has 0 aliphatic carbocycles. The van der Waals surface area contributed by atoms with Gasteiger partial charge in [0.2, 0.25) is 0 Å². The Morgan fingerprint density at radius 3 is 2.83 bits per heavy atom. The summed E-state index contributed by atoms with van der Waals surface area (Å²) < 4.78 is 19.5. The summed E-state index contributed by atoms with van der Waals surface area (Å²) >= 11 is 1.93. The van der Waals surface area contributed by atoms with E-state index in [1.54, 1.807) is 12.3 Å². The molecule has 1 aromatic heterocycles. The Morgan fingerprint density at radius 2 is 2.22 bits per heavy atom. The van der Waals surface area contributed by atoms with Crippen LogP contribution in [-0.4, -0.2) is 6.54 Å². The van der Waals surface area contributed by atoms with E-state index in [9.17, 15) is 4.39 Å². The van der Waals surface area contributed by atoms with Crippen molar-refractivity contribution >= 4 is 34.0 Å². The summed E-state index contributed by atoms with van der Waals surface area (Å²) in [5.74, 6) is 0.577. The van der Waals surface area contributed by atoms with Gasteiger partial charge in [-0.2, -0.15) is 0 Å². The number of hydrogen-bond donors (Lipinski definition) is 1. The van der Waals surface area contributed by atoms with E-state index in [-0.39, 0.29) is 5.82 Å². The summed E-state index contributed by atoms with van der Waals surface area (Å²) in [7, 11) is 0. The van der Waals surface area contributed by atoms with Gasteiger partial charge in [-0.25, -0.2) is 4.39 Å². The van der Waals surface area contributed by atoms with E-state index in [1.165, 1.54) is 6.07 Å². The Kier molecular flexibility index (Phi) is 4.11. The average Bonchev–Trinajstić information content (AvgIpc) is 2.84. The van der Waals surface area contributed by atoms with Crippen LogP contribution in [-0.2, 0) is 6.54 Å². The normalized spacial score (nSPS) is 10.6. The highest BCUT2D eigenvalue weighted by Gasteiger charge is 2.13. The molecule has 5 heteroatoms. The van der Waals surface area contributed by atoms with Crippen molar-refractivity contribution in [2.24, 2.45) is 0 Å². The maximum atomic E-state index is 13.6. The van der Waals surface area contributed by atoms with Crippen LogP contribution in [0.25, 0.3) is 0 Å². The second-order valence-electron chi connectivity index (χ2n) is 3.92. The molecule has 1 heterocycles. The lowest BCUT2D eigenvalue weighted by molar-refractivity contribution is 0.503. The molecule has 0 bridgehead atoms. The fourth-order valence-electron chi connectivity index (χ4n) is 1.78. The second kappa shape index (κ2) is 5.60. The van der Waals surface area contributed by atoms with E-state index in [2.05, 4.69) is 0 Å². The summed E-state index contributed by atoms with van der Waals surface area (Å²) in [5, 5.41) is 0. The minimum Gasteiger partial charge on any atom is -0.467 e. The molecule has 1 aromatic carbocycles. The average molecular weight is 360 g/mol. The van der Waals surface area contributed by atoms with Gasteiger partial charge in [-0.3, -0.25) is 0 Å². The zero-order chi connectivity index (χ0) is 13.1. The molecule has 0 saturated carbocycles. The van der Waals surface area contributed by atoms with E-state index in [0.29, 0.717) is 21.5 Å². The lowest BCUT2D eigenvalue weighted by atomic mass is 10.2. The Hall–Kier alpha value is -1.24. The fraction of sp³-hybridized carbons (Fsp3) is 0.231. The topological polar surface area (TPSA) is 42.4 Å². The Bertz CT molecular complexity index is 528. The van der Waals surface area contributed by atoms with Gasteiger partial charge in [0.25, 0.3) is 0 Å². The first-order valence-corrected chi connectivity index (χ1v) is 6.71.